The van der Waals surface area contributed by atoms with Crippen LogP contribution in [0.3, 0.4) is 0 Å². The molecule has 138 valence electrons. The summed E-state index contributed by atoms with van der Waals surface area (Å²) in [6.07, 6.45) is 1.43. The number of sulfone groups is 1. The van der Waals surface area contributed by atoms with Crippen LogP contribution in [0.1, 0.15) is 18.1 Å². The number of benzene rings is 2. The van der Waals surface area contributed by atoms with Gasteiger partial charge < -0.3 is 9.47 Å². The van der Waals surface area contributed by atoms with E-state index in [0.29, 0.717) is 26.9 Å². The van der Waals surface area contributed by atoms with Crippen LogP contribution in [0, 0.1) is 0 Å². The first kappa shape index (κ1) is 20.3. The van der Waals surface area contributed by atoms with E-state index in [1.807, 2.05) is 0 Å². The van der Waals surface area contributed by atoms with Crippen molar-refractivity contribution < 1.29 is 22.7 Å². The fourth-order valence-electron chi connectivity index (χ4n) is 2.11. The Bertz CT molecular complexity index is 952. The third-order valence-electron chi connectivity index (χ3n) is 3.28. The molecule has 0 aliphatic rings. The number of hydrogen-bond acceptors (Lipinski definition) is 5. The molecule has 2 aromatic carbocycles. The zero-order valence-corrected chi connectivity index (χ0v) is 16.4. The van der Waals surface area contributed by atoms with Gasteiger partial charge in [0.05, 0.1) is 12.9 Å². The second-order valence-electron chi connectivity index (χ2n) is 5.35. The molecule has 0 amide bonds. The number of carbonyl (C=O) groups is 1. The van der Waals surface area contributed by atoms with Crippen LogP contribution in [0.25, 0.3) is 6.08 Å². The Labute approximate surface area is 162 Å². The molecule has 2 rings (SSSR count). The summed E-state index contributed by atoms with van der Waals surface area (Å²) in [6.45, 7) is 1.28. The molecule has 0 atom stereocenters. The summed E-state index contributed by atoms with van der Waals surface area (Å²) < 4.78 is 34.8. The minimum atomic E-state index is -3.55. The van der Waals surface area contributed by atoms with Crippen LogP contribution >= 0.6 is 23.2 Å². The Hall–Kier alpha value is -2.02. The van der Waals surface area contributed by atoms with Gasteiger partial charge in [0.1, 0.15) is 0 Å². The highest BCUT2D eigenvalue weighted by Crippen LogP contribution is 2.29. The van der Waals surface area contributed by atoms with Gasteiger partial charge in [0, 0.05) is 22.4 Å². The average molecular weight is 415 g/mol. The van der Waals surface area contributed by atoms with E-state index in [2.05, 4.69) is 0 Å². The Morgan fingerprint density at radius 3 is 2.46 bits per heavy atom. The van der Waals surface area contributed by atoms with Crippen molar-refractivity contribution in [3.05, 3.63) is 63.0 Å². The van der Waals surface area contributed by atoms with Crippen LogP contribution < -0.4 is 9.47 Å². The third-order valence-corrected chi connectivity index (χ3v) is 5.13. The van der Waals surface area contributed by atoms with E-state index in [4.69, 9.17) is 32.7 Å². The summed E-state index contributed by atoms with van der Waals surface area (Å²) in [6, 6.07) is 9.37. The molecule has 0 aliphatic carbocycles. The fraction of sp³-hybridized carbons (Fsp3) is 0.167. The van der Waals surface area contributed by atoms with Crippen LogP contribution in [0.5, 0.6) is 11.5 Å². The lowest BCUT2D eigenvalue weighted by Crippen LogP contribution is -2.03. The largest absolute Gasteiger partial charge is 0.493 e. The van der Waals surface area contributed by atoms with E-state index in [0.717, 1.165) is 5.41 Å². The molecule has 0 aromatic heterocycles. The number of carbonyl (C=O) groups excluding carboxylic acids is 1. The topological polar surface area (TPSA) is 69.7 Å². The Morgan fingerprint density at radius 1 is 1.12 bits per heavy atom. The van der Waals surface area contributed by atoms with Crippen molar-refractivity contribution in [2.45, 2.75) is 12.7 Å². The van der Waals surface area contributed by atoms with Gasteiger partial charge in [0.15, 0.2) is 21.3 Å². The maximum absolute atomic E-state index is 12.3. The molecular formula is C18H16Cl2O5S. The summed E-state index contributed by atoms with van der Waals surface area (Å²) >= 11 is 11.8. The maximum atomic E-state index is 12.3. The molecule has 26 heavy (non-hydrogen) atoms. The first-order valence-electron chi connectivity index (χ1n) is 7.41. The van der Waals surface area contributed by atoms with Crippen molar-refractivity contribution in [2.24, 2.45) is 0 Å². The number of methoxy groups -OCH3 is 1. The minimum absolute atomic E-state index is 0.248. The number of hydrogen-bond donors (Lipinski definition) is 0. The van der Waals surface area contributed by atoms with Crippen LogP contribution in [-0.2, 0) is 20.4 Å². The van der Waals surface area contributed by atoms with E-state index < -0.39 is 15.8 Å². The first-order chi connectivity index (χ1) is 12.2. The molecule has 0 spiro atoms. The Kier molecular flexibility index (Phi) is 6.69. The monoisotopic (exact) mass is 414 g/mol. The molecule has 0 saturated carbocycles. The van der Waals surface area contributed by atoms with Crippen LogP contribution in [0.2, 0.25) is 10.0 Å². The smallest absolute Gasteiger partial charge is 0.308 e. The summed E-state index contributed by atoms with van der Waals surface area (Å²) in [5, 5.41) is 1.83. The lowest BCUT2D eigenvalue weighted by molar-refractivity contribution is -0.132. The highest BCUT2D eigenvalue weighted by molar-refractivity contribution is 7.93. The second-order valence-corrected chi connectivity index (χ2v) is 8.08. The van der Waals surface area contributed by atoms with Crippen molar-refractivity contribution in [2.75, 3.05) is 7.11 Å². The fourth-order valence-corrected chi connectivity index (χ4v) is 3.81. The molecule has 0 N–H and O–H groups in total. The standard InChI is InChI=1S/C18H16Cl2O5S/c1-12(21)25-17-6-3-13(9-18(17)24-2)7-8-26(22,23)11-14-4-5-15(19)10-16(14)20/h3-10H,11H2,1-2H3/b8-7-. The summed E-state index contributed by atoms with van der Waals surface area (Å²) in [5.74, 6) is -0.148. The van der Waals surface area contributed by atoms with Crippen LogP contribution in [-0.4, -0.2) is 21.5 Å². The molecule has 0 radical (unpaired) electrons. The highest BCUT2D eigenvalue weighted by atomic mass is 35.5. The molecule has 0 saturated heterocycles. The van der Waals surface area contributed by atoms with Gasteiger partial charge in [-0.3, -0.25) is 4.79 Å². The normalized spacial score (nSPS) is 11.5. The van der Waals surface area contributed by atoms with E-state index in [-0.39, 0.29) is 11.5 Å². The van der Waals surface area contributed by atoms with Gasteiger partial charge in [-0.25, -0.2) is 8.42 Å². The van der Waals surface area contributed by atoms with E-state index >= 15 is 0 Å². The van der Waals surface area contributed by atoms with Gasteiger partial charge in [-0.15, -0.1) is 0 Å². The molecule has 0 bridgehead atoms. The van der Waals surface area contributed by atoms with E-state index in [1.165, 1.54) is 32.2 Å². The van der Waals surface area contributed by atoms with Crippen LogP contribution in [0.4, 0.5) is 0 Å². The lowest BCUT2D eigenvalue weighted by atomic mass is 10.2. The quantitative estimate of drug-likeness (QED) is 0.513. The van der Waals surface area contributed by atoms with Gasteiger partial charge in [0.25, 0.3) is 0 Å². The molecule has 5 nitrogen and oxygen atoms in total. The zero-order chi connectivity index (χ0) is 19.3. The molecular weight excluding hydrogens is 399 g/mol. The van der Waals surface area contributed by atoms with Crippen molar-refractivity contribution in [1.29, 1.82) is 0 Å². The molecule has 0 fully saturated rings. The predicted molar refractivity (Wildman–Crippen MR) is 102 cm³/mol. The average Bonchev–Trinajstić information content (AvgIpc) is 2.56. The summed E-state index contributed by atoms with van der Waals surface area (Å²) in [4.78, 5) is 11.1. The molecule has 2 aromatic rings. The van der Waals surface area contributed by atoms with E-state index in [9.17, 15) is 13.2 Å². The zero-order valence-electron chi connectivity index (χ0n) is 14.0. The highest BCUT2D eigenvalue weighted by Gasteiger charge is 2.12. The maximum Gasteiger partial charge on any atom is 0.308 e. The van der Waals surface area contributed by atoms with Crippen molar-refractivity contribution in [1.82, 2.24) is 0 Å². The van der Waals surface area contributed by atoms with Gasteiger partial charge in [-0.05, 0) is 41.5 Å². The number of rotatable bonds is 6. The minimum Gasteiger partial charge on any atom is -0.493 e. The third kappa shape index (κ3) is 5.76. The van der Waals surface area contributed by atoms with Crippen LogP contribution in [0.15, 0.2) is 41.8 Å². The molecule has 0 aliphatic heterocycles. The molecule has 0 unspecified atom stereocenters. The molecule has 0 heterocycles. The van der Waals surface area contributed by atoms with Crippen molar-refractivity contribution in [3.8, 4) is 11.5 Å². The second kappa shape index (κ2) is 8.58. The van der Waals surface area contributed by atoms with Gasteiger partial charge in [0.2, 0.25) is 0 Å². The van der Waals surface area contributed by atoms with Gasteiger partial charge >= 0.3 is 5.97 Å². The van der Waals surface area contributed by atoms with E-state index in [1.54, 1.807) is 24.3 Å². The summed E-state index contributed by atoms with van der Waals surface area (Å²) in [5.41, 5.74) is 1.03. The Balaban J connectivity index is 2.20. The lowest BCUT2D eigenvalue weighted by Gasteiger charge is -2.08. The summed E-state index contributed by atoms with van der Waals surface area (Å²) in [7, 11) is -2.13. The van der Waals surface area contributed by atoms with Gasteiger partial charge in [-0.1, -0.05) is 35.3 Å². The number of halogens is 2. The molecule has 8 heteroatoms. The number of esters is 1. The first-order valence-corrected chi connectivity index (χ1v) is 9.88. The Morgan fingerprint density at radius 2 is 1.85 bits per heavy atom. The predicted octanol–water partition coefficient (Wildman–Crippen LogP) is 4.51. The SMILES string of the molecule is COc1cc(/C=C\S(=O)(=O)Cc2ccc(Cl)cc2Cl)ccc1OC(C)=O. The number of ether oxygens (including phenoxy) is 2. The van der Waals surface area contributed by atoms with Gasteiger partial charge in [-0.2, -0.15) is 0 Å². The van der Waals surface area contributed by atoms with Crippen molar-refractivity contribution >= 4 is 45.1 Å². The van der Waals surface area contributed by atoms with Crippen molar-refractivity contribution in [3.63, 3.8) is 0 Å².